The minimum atomic E-state index is -0.773. The van der Waals surface area contributed by atoms with E-state index in [9.17, 15) is 10.1 Å². The molecule has 0 amide bonds. The molecule has 2 rings (SSSR count). The van der Waals surface area contributed by atoms with Crippen LogP contribution in [0, 0.1) is 11.3 Å². The van der Waals surface area contributed by atoms with Gasteiger partial charge in [-0.1, -0.05) is 25.1 Å². The van der Waals surface area contributed by atoms with E-state index in [1.807, 2.05) is 24.3 Å². The molecule has 19 heavy (non-hydrogen) atoms. The molecule has 0 radical (unpaired) electrons. The van der Waals surface area contributed by atoms with E-state index in [1.165, 1.54) is 0 Å². The fourth-order valence-corrected chi connectivity index (χ4v) is 2.43. The molecule has 1 heterocycles. The fourth-order valence-electron chi connectivity index (χ4n) is 2.43. The molecule has 0 spiro atoms. The standard InChI is InChI=1S/C16H18N2O/c1-5-11-7-6-8-12-9-13(16(2,3)10-17)15(19)18(4)14(11)12/h6-9H,5H2,1-4H3. The second kappa shape index (κ2) is 4.55. The average molecular weight is 254 g/mol. The van der Waals surface area contributed by atoms with Crippen molar-refractivity contribution in [2.45, 2.75) is 32.6 Å². The molecule has 3 heteroatoms. The maximum atomic E-state index is 12.5. The molecule has 3 nitrogen and oxygen atoms in total. The minimum absolute atomic E-state index is 0.0834. The summed E-state index contributed by atoms with van der Waals surface area (Å²) in [5.74, 6) is 0. The summed E-state index contributed by atoms with van der Waals surface area (Å²) in [5.41, 5.74) is 1.81. The summed E-state index contributed by atoms with van der Waals surface area (Å²) in [6.45, 7) is 5.63. The number of para-hydroxylation sites is 1. The van der Waals surface area contributed by atoms with Crippen LogP contribution < -0.4 is 5.56 Å². The normalized spacial score (nSPS) is 11.5. The molecule has 1 aromatic carbocycles. The Bertz CT molecular complexity index is 733. The number of aromatic nitrogens is 1. The van der Waals surface area contributed by atoms with Crippen molar-refractivity contribution in [3.8, 4) is 6.07 Å². The number of nitrogens with zero attached hydrogens (tertiary/aromatic N) is 2. The number of fused-ring (bicyclic) bond motifs is 1. The number of nitriles is 1. The van der Waals surface area contributed by atoms with Crippen LogP contribution in [0.3, 0.4) is 0 Å². The highest BCUT2D eigenvalue weighted by atomic mass is 16.1. The van der Waals surface area contributed by atoms with Crippen LogP contribution in [0.5, 0.6) is 0 Å². The highest BCUT2D eigenvalue weighted by molar-refractivity contribution is 5.83. The molecule has 2 aromatic rings. The Morgan fingerprint density at radius 2 is 2.05 bits per heavy atom. The molecule has 1 aromatic heterocycles. The van der Waals surface area contributed by atoms with Gasteiger partial charge in [0.25, 0.3) is 5.56 Å². The Balaban J connectivity index is 2.93. The Morgan fingerprint density at radius 1 is 1.37 bits per heavy atom. The van der Waals surface area contributed by atoms with Crippen molar-refractivity contribution in [1.29, 1.82) is 5.26 Å². The molecule has 0 saturated heterocycles. The van der Waals surface area contributed by atoms with E-state index in [0.717, 1.165) is 22.9 Å². The zero-order valence-electron chi connectivity index (χ0n) is 11.8. The Kier molecular flexibility index (Phi) is 3.20. The van der Waals surface area contributed by atoms with E-state index < -0.39 is 5.41 Å². The first-order valence-electron chi connectivity index (χ1n) is 6.45. The van der Waals surface area contributed by atoms with E-state index in [-0.39, 0.29) is 5.56 Å². The smallest absolute Gasteiger partial charge is 0.255 e. The first-order chi connectivity index (χ1) is 8.92. The zero-order chi connectivity index (χ0) is 14.2. The van der Waals surface area contributed by atoms with Crippen LogP contribution in [-0.2, 0) is 18.9 Å². The molecule has 0 unspecified atom stereocenters. The lowest BCUT2D eigenvalue weighted by Crippen LogP contribution is -2.30. The topological polar surface area (TPSA) is 45.8 Å². The largest absolute Gasteiger partial charge is 0.311 e. The summed E-state index contributed by atoms with van der Waals surface area (Å²) >= 11 is 0. The number of aryl methyl sites for hydroxylation is 2. The molecular formula is C16H18N2O. The van der Waals surface area contributed by atoms with Crippen LogP contribution in [0.15, 0.2) is 29.1 Å². The van der Waals surface area contributed by atoms with Gasteiger partial charge in [-0.25, -0.2) is 0 Å². The summed E-state index contributed by atoms with van der Waals surface area (Å²) in [4.78, 5) is 12.5. The number of pyridine rings is 1. The fraction of sp³-hybridized carbons (Fsp3) is 0.375. The zero-order valence-corrected chi connectivity index (χ0v) is 11.8. The molecule has 98 valence electrons. The number of hydrogen-bond acceptors (Lipinski definition) is 2. The van der Waals surface area contributed by atoms with Crippen LogP contribution >= 0.6 is 0 Å². The molecule has 0 saturated carbocycles. The lowest BCUT2D eigenvalue weighted by molar-refractivity contribution is 0.664. The third-order valence-electron chi connectivity index (χ3n) is 3.65. The van der Waals surface area contributed by atoms with Gasteiger partial charge in [-0.3, -0.25) is 4.79 Å². The highest BCUT2D eigenvalue weighted by Crippen LogP contribution is 2.24. The van der Waals surface area contributed by atoms with Gasteiger partial charge in [0.05, 0.1) is 17.0 Å². The van der Waals surface area contributed by atoms with Crippen LogP contribution in [-0.4, -0.2) is 4.57 Å². The van der Waals surface area contributed by atoms with Crippen LogP contribution in [0.1, 0.15) is 31.9 Å². The molecule has 0 aliphatic heterocycles. The van der Waals surface area contributed by atoms with Gasteiger partial charge in [-0.05, 0) is 37.3 Å². The van der Waals surface area contributed by atoms with Crippen LogP contribution in [0.4, 0.5) is 0 Å². The first kappa shape index (κ1) is 13.4. The second-order valence-electron chi connectivity index (χ2n) is 5.37. The van der Waals surface area contributed by atoms with E-state index in [2.05, 4.69) is 13.0 Å². The van der Waals surface area contributed by atoms with Crippen molar-refractivity contribution in [2.24, 2.45) is 7.05 Å². The molecule has 0 aliphatic rings. The van der Waals surface area contributed by atoms with Crippen molar-refractivity contribution in [3.05, 3.63) is 45.7 Å². The second-order valence-corrected chi connectivity index (χ2v) is 5.37. The lowest BCUT2D eigenvalue weighted by Gasteiger charge is -2.18. The molecule has 0 bridgehead atoms. The minimum Gasteiger partial charge on any atom is -0.311 e. The van der Waals surface area contributed by atoms with E-state index in [0.29, 0.717) is 5.56 Å². The van der Waals surface area contributed by atoms with Gasteiger partial charge in [0.15, 0.2) is 0 Å². The van der Waals surface area contributed by atoms with Gasteiger partial charge < -0.3 is 4.57 Å². The summed E-state index contributed by atoms with van der Waals surface area (Å²) in [7, 11) is 1.78. The summed E-state index contributed by atoms with van der Waals surface area (Å²) in [6, 6.07) is 10.1. The third kappa shape index (κ3) is 2.04. The maximum Gasteiger partial charge on any atom is 0.255 e. The quantitative estimate of drug-likeness (QED) is 0.827. The maximum absolute atomic E-state index is 12.5. The van der Waals surface area contributed by atoms with E-state index in [4.69, 9.17) is 0 Å². The molecule has 0 fully saturated rings. The van der Waals surface area contributed by atoms with Gasteiger partial charge in [0.2, 0.25) is 0 Å². The monoisotopic (exact) mass is 254 g/mol. The summed E-state index contributed by atoms with van der Waals surface area (Å²) in [6.07, 6.45) is 0.881. The van der Waals surface area contributed by atoms with Gasteiger partial charge in [0, 0.05) is 12.6 Å². The lowest BCUT2D eigenvalue weighted by atomic mass is 9.86. The third-order valence-corrected chi connectivity index (χ3v) is 3.65. The van der Waals surface area contributed by atoms with Crippen molar-refractivity contribution in [1.82, 2.24) is 4.57 Å². The Morgan fingerprint density at radius 3 is 2.63 bits per heavy atom. The molecule has 0 aliphatic carbocycles. The van der Waals surface area contributed by atoms with Crippen molar-refractivity contribution < 1.29 is 0 Å². The number of benzene rings is 1. The van der Waals surface area contributed by atoms with Crippen molar-refractivity contribution >= 4 is 10.9 Å². The van der Waals surface area contributed by atoms with Crippen molar-refractivity contribution in [3.63, 3.8) is 0 Å². The number of hydrogen-bond donors (Lipinski definition) is 0. The van der Waals surface area contributed by atoms with Gasteiger partial charge in [-0.15, -0.1) is 0 Å². The summed E-state index contributed by atoms with van der Waals surface area (Å²) in [5, 5.41) is 10.3. The predicted molar refractivity (Wildman–Crippen MR) is 77.2 cm³/mol. The molecule has 0 atom stereocenters. The Hall–Kier alpha value is -2.08. The summed E-state index contributed by atoms with van der Waals surface area (Å²) < 4.78 is 1.67. The highest BCUT2D eigenvalue weighted by Gasteiger charge is 2.25. The molecular weight excluding hydrogens is 236 g/mol. The number of rotatable bonds is 2. The van der Waals surface area contributed by atoms with Crippen LogP contribution in [0.2, 0.25) is 0 Å². The van der Waals surface area contributed by atoms with Gasteiger partial charge >= 0.3 is 0 Å². The molecule has 0 N–H and O–H groups in total. The van der Waals surface area contributed by atoms with Gasteiger partial charge in [-0.2, -0.15) is 5.26 Å². The Labute approximate surface area is 113 Å². The predicted octanol–water partition coefficient (Wildman–Crippen LogP) is 2.90. The van der Waals surface area contributed by atoms with Crippen LogP contribution in [0.25, 0.3) is 10.9 Å². The van der Waals surface area contributed by atoms with E-state index in [1.54, 1.807) is 25.5 Å². The SMILES string of the molecule is CCc1cccc2cc(C(C)(C)C#N)c(=O)n(C)c12. The van der Waals surface area contributed by atoms with Crippen molar-refractivity contribution in [2.75, 3.05) is 0 Å². The van der Waals surface area contributed by atoms with Gasteiger partial charge in [0.1, 0.15) is 0 Å². The first-order valence-corrected chi connectivity index (χ1v) is 6.45. The van der Waals surface area contributed by atoms with E-state index >= 15 is 0 Å². The average Bonchev–Trinajstić information content (AvgIpc) is 2.41.